The number of nitrogens with one attached hydrogen (secondary N) is 2. The summed E-state index contributed by atoms with van der Waals surface area (Å²) in [6.45, 7) is 7.92. The van der Waals surface area contributed by atoms with E-state index in [1.807, 2.05) is 27.7 Å². The van der Waals surface area contributed by atoms with Gasteiger partial charge in [-0.2, -0.15) is 5.10 Å². The van der Waals surface area contributed by atoms with Crippen molar-refractivity contribution in [1.29, 1.82) is 0 Å². The fourth-order valence-corrected chi connectivity index (χ4v) is 3.02. The normalized spacial score (nSPS) is 25.7. The summed E-state index contributed by atoms with van der Waals surface area (Å²) in [5.41, 5.74) is 0.341. The largest absolute Gasteiger partial charge is 0.481 e. The Balaban J connectivity index is 2.16. The smallest absolute Gasteiger partial charge is 0.308 e. The molecule has 1 aliphatic rings. The quantitative estimate of drug-likeness (QED) is 0.799. The molecule has 22 heavy (non-hydrogen) atoms. The van der Waals surface area contributed by atoms with Crippen LogP contribution in [0.2, 0.25) is 0 Å². The summed E-state index contributed by atoms with van der Waals surface area (Å²) in [6.07, 6.45) is 3.08. The summed E-state index contributed by atoms with van der Waals surface area (Å²) in [7, 11) is 0. The molecule has 3 N–H and O–H groups in total. The minimum Gasteiger partial charge on any atom is -0.481 e. The lowest BCUT2D eigenvalue weighted by Crippen LogP contribution is -2.55. The third-order valence-corrected chi connectivity index (χ3v) is 4.52. The van der Waals surface area contributed by atoms with Crippen LogP contribution in [0.15, 0.2) is 6.07 Å². The van der Waals surface area contributed by atoms with Gasteiger partial charge in [0.25, 0.3) is 5.91 Å². The molecule has 2 unspecified atom stereocenters. The fourth-order valence-electron chi connectivity index (χ4n) is 3.02. The zero-order valence-electron chi connectivity index (χ0n) is 13.7. The molecule has 1 aromatic heterocycles. The van der Waals surface area contributed by atoms with Crippen LogP contribution in [-0.2, 0) is 10.2 Å². The van der Waals surface area contributed by atoms with Gasteiger partial charge in [-0.1, -0.05) is 33.6 Å². The summed E-state index contributed by atoms with van der Waals surface area (Å²) in [5, 5.41) is 19.2. The number of carbonyl (C=O) groups excluding carboxylic acids is 1. The lowest BCUT2D eigenvalue weighted by atomic mass is 9.74. The van der Waals surface area contributed by atoms with Crippen molar-refractivity contribution in [3.05, 3.63) is 17.5 Å². The van der Waals surface area contributed by atoms with Gasteiger partial charge in [0.05, 0.1) is 11.5 Å². The number of carbonyl (C=O) groups is 2. The molecule has 1 saturated carbocycles. The number of aromatic nitrogens is 2. The first-order valence-electron chi connectivity index (χ1n) is 7.75. The summed E-state index contributed by atoms with van der Waals surface area (Å²) >= 11 is 0. The minimum absolute atomic E-state index is 0.121. The van der Waals surface area contributed by atoms with E-state index in [1.165, 1.54) is 0 Å². The van der Waals surface area contributed by atoms with E-state index in [9.17, 15) is 14.7 Å². The van der Waals surface area contributed by atoms with Crippen LogP contribution in [0.25, 0.3) is 0 Å². The zero-order chi connectivity index (χ0) is 16.5. The minimum atomic E-state index is -0.847. The number of rotatable bonds is 3. The number of carboxylic acids is 1. The molecule has 0 aliphatic heterocycles. The lowest BCUT2D eigenvalue weighted by molar-refractivity contribution is -0.145. The van der Waals surface area contributed by atoms with Gasteiger partial charge in [-0.15, -0.1) is 0 Å². The number of nitrogens with zero attached hydrogens (tertiary/aromatic N) is 1. The van der Waals surface area contributed by atoms with Crippen molar-refractivity contribution < 1.29 is 14.7 Å². The van der Waals surface area contributed by atoms with Gasteiger partial charge in [0.15, 0.2) is 0 Å². The fraction of sp³-hybridized carbons (Fsp3) is 0.688. The molecule has 0 saturated heterocycles. The molecule has 6 nitrogen and oxygen atoms in total. The van der Waals surface area contributed by atoms with Gasteiger partial charge in [0.2, 0.25) is 0 Å². The lowest BCUT2D eigenvalue weighted by Gasteiger charge is -2.39. The van der Waals surface area contributed by atoms with Crippen LogP contribution in [0.5, 0.6) is 0 Å². The summed E-state index contributed by atoms with van der Waals surface area (Å²) in [5.74, 6) is -1.71. The Morgan fingerprint density at radius 2 is 2.09 bits per heavy atom. The van der Waals surface area contributed by atoms with Crippen molar-refractivity contribution in [2.75, 3.05) is 0 Å². The topological polar surface area (TPSA) is 95.1 Å². The first-order valence-corrected chi connectivity index (χ1v) is 7.75. The number of aliphatic carboxylic acids is 1. The van der Waals surface area contributed by atoms with E-state index in [0.717, 1.165) is 18.5 Å². The van der Waals surface area contributed by atoms with Gasteiger partial charge in [-0.3, -0.25) is 14.7 Å². The van der Waals surface area contributed by atoms with Gasteiger partial charge < -0.3 is 10.4 Å². The number of amides is 1. The van der Waals surface area contributed by atoms with Crippen LogP contribution in [0.1, 0.15) is 69.6 Å². The van der Waals surface area contributed by atoms with Gasteiger partial charge in [-0.25, -0.2) is 0 Å². The van der Waals surface area contributed by atoms with E-state index < -0.39 is 17.4 Å². The van der Waals surface area contributed by atoms with Crippen LogP contribution >= 0.6 is 0 Å². The maximum Gasteiger partial charge on any atom is 0.308 e. The third kappa shape index (κ3) is 3.31. The molecule has 122 valence electrons. The van der Waals surface area contributed by atoms with E-state index >= 15 is 0 Å². The molecule has 2 rings (SSSR count). The molecule has 0 aromatic carbocycles. The molecule has 1 aromatic rings. The molecule has 1 heterocycles. The number of hydrogen-bond acceptors (Lipinski definition) is 3. The van der Waals surface area contributed by atoms with E-state index in [2.05, 4.69) is 15.5 Å². The maximum atomic E-state index is 12.4. The second kappa shape index (κ2) is 5.74. The Morgan fingerprint density at radius 1 is 1.41 bits per heavy atom. The highest BCUT2D eigenvalue weighted by molar-refractivity contribution is 5.93. The van der Waals surface area contributed by atoms with E-state index in [4.69, 9.17) is 0 Å². The molecule has 0 spiro atoms. The average molecular weight is 307 g/mol. The molecule has 6 heteroatoms. The second-order valence-corrected chi connectivity index (χ2v) is 7.43. The first-order chi connectivity index (χ1) is 10.1. The van der Waals surface area contributed by atoms with E-state index in [-0.39, 0.29) is 11.3 Å². The molecular weight excluding hydrogens is 282 g/mol. The first kappa shape index (κ1) is 16.5. The highest BCUT2D eigenvalue weighted by Gasteiger charge is 2.42. The van der Waals surface area contributed by atoms with Crippen LogP contribution in [0, 0.1) is 5.92 Å². The van der Waals surface area contributed by atoms with Crippen molar-refractivity contribution in [3.63, 3.8) is 0 Å². The van der Waals surface area contributed by atoms with Gasteiger partial charge in [-0.05, 0) is 25.8 Å². The Kier molecular flexibility index (Phi) is 4.31. The monoisotopic (exact) mass is 307 g/mol. The van der Waals surface area contributed by atoms with Crippen LogP contribution < -0.4 is 5.32 Å². The standard InChI is InChI=1S/C16H25N3O3/c1-15(2,3)12-9-11(18-19-12)13(20)17-16(4)8-6-5-7-10(16)14(21)22/h9-10H,5-8H2,1-4H3,(H,17,20)(H,18,19)(H,21,22). The highest BCUT2D eigenvalue weighted by Crippen LogP contribution is 2.34. The SMILES string of the molecule is CC(C)(C)c1cc(C(=O)NC2(C)CCCCC2C(=O)O)n[nH]1. The Morgan fingerprint density at radius 3 is 2.64 bits per heavy atom. The van der Waals surface area contributed by atoms with E-state index in [1.54, 1.807) is 6.07 Å². The molecule has 1 amide bonds. The number of H-pyrrole nitrogens is 1. The average Bonchev–Trinajstić information content (AvgIpc) is 2.87. The van der Waals surface area contributed by atoms with Crippen LogP contribution in [-0.4, -0.2) is 32.7 Å². The van der Waals surface area contributed by atoms with Crippen molar-refractivity contribution in [2.45, 2.75) is 64.3 Å². The number of carboxylic acid groups (broad SMARTS) is 1. The predicted octanol–water partition coefficient (Wildman–Crippen LogP) is 2.47. The van der Waals surface area contributed by atoms with Crippen LogP contribution in [0.4, 0.5) is 0 Å². The van der Waals surface area contributed by atoms with Gasteiger partial charge >= 0.3 is 5.97 Å². The maximum absolute atomic E-state index is 12.4. The second-order valence-electron chi connectivity index (χ2n) is 7.43. The van der Waals surface area contributed by atoms with Crippen LogP contribution in [0.3, 0.4) is 0 Å². The Bertz CT molecular complexity index is 573. The molecule has 1 aliphatic carbocycles. The summed E-state index contributed by atoms with van der Waals surface area (Å²) in [6, 6.07) is 1.73. The molecule has 0 radical (unpaired) electrons. The predicted molar refractivity (Wildman–Crippen MR) is 82.8 cm³/mol. The Hall–Kier alpha value is -1.85. The number of aromatic amines is 1. The van der Waals surface area contributed by atoms with Crippen molar-refractivity contribution in [2.24, 2.45) is 5.92 Å². The third-order valence-electron chi connectivity index (χ3n) is 4.52. The molecule has 0 bridgehead atoms. The molecule has 1 fully saturated rings. The van der Waals surface area contributed by atoms with Gasteiger partial charge in [0.1, 0.15) is 5.69 Å². The Labute approximate surface area is 130 Å². The highest BCUT2D eigenvalue weighted by atomic mass is 16.4. The van der Waals surface area contributed by atoms with E-state index in [0.29, 0.717) is 18.5 Å². The van der Waals surface area contributed by atoms with Gasteiger partial charge in [0, 0.05) is 11.1 Å². The summed E-state index contributed by atoms with van der Waals surface area (Å²) < 4.78 is 0. The molecular formula is C16H25N3O3. The van der Waals surface area contributed by atoms with Crippen molar-refractivity contribution >= 4 is 11.9 Å². The summed E-state index contributed by atoms with van der Waals surface area (Å²) in [4.78, 5) is 23.9. The number of hydrogen-bond donors (Lipinski definition) is 3. The van der Waals surface area contributed by atoms with Crippen molar-refractivity contribution in [3.8, 4) is 0 Å². The molecule has 2 atom stereocenters. The van der Waals surface area contributed by atoms with Crippen molar-refractivity contribution in [1.82, 2.24) is 15.5 Å². The zero-order valence-corrected chi connectivity index (χ0v) is 13.7.